The first-order valence-electron chi connectivity index (χ1n) is 5.32. The predicted molar refractivity (Wildman–Crippen MR) is 55.1 cm³/mol. The van der Waals surface area contributed by atoms with E-state index < -0.39 is 5.41 Å². The summed E-state index contributed by atoms with van der Waals surface area (Å²) in [6, 6.07) is 0. The van der Waals surface area contributed by atoms with Crippen LogP contribution in [0.3, 0.4) is 0 Å². The molecule has 82 valence electrons. The van der Waals surface area contributed by atoms with Crippen molar-refractivity contribution in [3.8, 4) is 0 Å². The van der Waals surface area contributed by atoms with E-state index in [9.17, 15) is 9.59 Å². The van der Waals surface area contributed by atoms with E-state index in [2.05, 4.69) is 0 Å². The van der Waals surface area contributed by atoms with Gasteiger partial charge in [0.1, 0.15) is 5.41 Å². The topological polar surface area (TPSA) is 43.4 Å². The molecule has 15 heavy (non-hydrogen) atoms. The van der Waals surface area contributed by atoms with Gasteiger partial charge >= 0.3 is 5.97 Å². The molecule has 0 saturated heterocycles. The van der Waals surface area contributed by atoms with Crippen LogP contribution in [0.2, 0.25) is 0 Å². The molecule has 0 spiro atoms. The summed E-state index contributed by atoms with van der Waals surface area (Å²) in [5.74, 6) is 0.0305. The van der Waals surface area contributed by atoms with E-state index in [1.165, 1.54) is 7.11 Å². The van der Waals surface area contributed by atoms with Gasteiger partial charge in [0.15, 0.2) is 5.78 Å². The van der Waals surface area contributed by atoms with E-state index in [-0.39, 0.29) is 23.6 Å². The van der Waals surface area contributed by atoms with Crippen molar-refractivity contribution >= 4 is 11.8 Å². The van der Waals surface area contributed by atoms with Gasteiger partial charge in [0.2, 0.25) is 0 Å². The van der Waals surface area contributed by atoms with Crippen molar-refractivity contribution in [2.75, 3.05) is 7.11 Å². The largest absolute Gasteiger partial charge is 0.468 e. The highest BCUT2D eigenvalue weighted by Crippen LogP contribution is 2.67. The zero-order valence-corrected chi connectivity index (χ0v) is 9.37. The maximum atomic E-state index is 11.8. The van der Waals surface area contributed by atoms with E-state index >= 15 is 0 Å². The van der Waals surface area contributed by atoms with Crippen LogP contribution in [0.4, 0.5) is 0 Å². The third kappa shape index (κ3) is 1.18. The van der Waals surface area contributed by atoms with Crippen LogP contribution >= 0.6 is 0 Å². The lowest BCUT2D eigenvalue weighted by atomic mass is 9.97. The van der Waals surface area contributed by atoms with Crippen LogP contribution in [0.15, 0.2) is 11.6 Å². The number of rotatable bonds is 2. The summed E-state index contributed by atoms with van der Waals surface area (Å²) in [5.41, 5.74) is 0.358. The molecule has 0 amide bonds. The molecule has 2 saturated carbocycles. The highest BCUT2D eigenvalue weighted by molar-refractivity contribution is 6.10. The first kappa shape index (κ1) is 10.4. The maximum absolute atomic E-state index is 11.8. The molecule has 0 radical (unpaired) electrons. The summed E-state index contributed by atoms with van der Waals surface area (Å²) in [5, 5.41) is 0. The monoisotopic (exact) mass is 208 g/mol. The summed E-state index contributed by atoms with van der Waals surface area (Å²) in [6.45, 7) is 3.98. The van der Waals surface area contributed by atoms with E-state index in [0.717, 1.165) is 12.0 Å². The number of hydrogen-bond acceptors (Lipinski definition) is 3. The second-order valence-corrected chi connectivity index (χ2v) is 4.70. The summed E-state index contributed by atoms with van der Waals surface area (Å²) in [6.07, 6.45) is 3.41. The number of ether oxygens (including phenoxy) is 1. The van der Waals surface area contributed by atoms with Crippen LogP contribution in [0.5, 0.6) is 0 Å². The van der Waals surface area contributed by atoms with Crippen molar-refractivity contribution in [3.63, 3.8) is 0 Å². The van der Waals surface area contributed by atoms with Crippen molar-refractivity contribution < 1.29 is 14.3 Å². The van der Waals surface area contributed by atoms with E-state index in [0.29, 0.717) is 6.42 Å². The first-order chi connectivity index (χ1) is 7.05. The summed E-state index contributed by atoms with van der Waals surface area (Å²) < 4.78 is 4.77. The Morgan fingerprint density at radius 3 is 2.73 bits per heavy atom. The molecule has 2 aliphatic rings. The minimum atomic E-state index is -0.800. The number of hydrogen-bond donors (Lipinski definition) is 0. The van der Waals surface area contributed by atoms with Crippen molar-refractivity contribution in [1.82, 2.24) is 0 Å². The lowest BCUT2D eigenvalue weighted by Gasteiger charge is -2.09. The van der Waals surface area contributed by atoms with E-state index in [1.54, 1.807) is 0 Å². The molecule has 3 atom stereocenters. The summed E-state index contributed by atoms with van der Waals surface area (Å²) in [4.78, 5) is 23.5. The van der Waals surface area contributed by atoms with Crippen molar-refractivity contribution in [2.24, 2.45) is 17.3 Å². The number of Topliss-reactive ketones (excluding diaryl/α,β-unsaturated/α-hetero) is 1. The third-order valence-electron chi connectivity index (χ3n) is 3.61. The third-order valence-corrected chi connectivity index (χ3v) is 3.61. The molecule has 2 aliphatic carbocycles. The van der Waals surface area contributed by atoms with Gasteiger partial charge in [-0.25, -0.2) is 0 Å². The van der Waals surface area contributed by atoms with Crippen molar-refractivity contribution in [2.45, 2.75) is 26.7 Å². The molecule has 3 heteroatoms. The standard InChI is InChI=1S/C12H16O3/c1-7(2)6-9-8-4-5-10(13)12(8,9)11(14)15-3/h6,8-9H,4-5H2,1-3H3/t8-,9-,12+/m1/s1. The maximum Gasteiger partial charge on any atom is 0.320 e. The van der Waals surface area contributed by atoms with Gasteiger partial charge in [-0.2, -0.15) is 0 Å². The smallest absolute Gasteiger partial charge is 0.320 e. The molecular weight excluding hydrogens is 192 g/mol. The van der Waals surface area contributed by atoms with Crippen LogP contribution in [0, 0.1) is 17.3 Å². The molecule has 0 aromatic rings. The number of esters is 1. The Kier molecular flexibility index (Phi) is 2.21. The lowest BCUT2D eigenvalue weighted by molar-refractivity contribution is -0.151. The Balaban J connectivity index is 2.31. The molecule has 2 rings (SSSR count). The van der Waals surface area contributed by atoms with Gasteiger partial charge in [-0.05, 0) is 26.2 Å². The van der Waals surface area contributed by atoms with Gasteiger partial charge < -0.3 is 4.74 Å². The van der Waals surface area contributed by atoms with Crippen LogP contribution in [-0.2, 0) is 14.3 Å². The fourth-order valence-corrected chi connectivity index (χ4v) is 2.96. The quantitative estimate of drug-likeness (QED) is 0.394. The number of ketones is 1. The van der Waals surface area contributed by atoms with Gasteiger partial charge in [0.25, 0.3) is 0 Å². The van der Waals surface area contributed by atoms with Gasteiger partial charge in [0, 0.05) is 12.3 Å². The Morgan fingerprint density at radius 1 is 1.53 bits per heavy atom. The number of carbonyl (C=O) groups is 2. The van der Waals surface area contributed by atoms with Gasteiger partial charge in [0.05, 0.1) is 7.11 Å². The number of carbonyl (C=O) groups excluding carboxylic acids is 2. The van der Waals surface area contributed by atoms with Crippen molar-refractivity contribution in [3.05, 3.63) is 11.6 Å². The number of methoxy groups -OCH3 is 1. The molecule has 2 fully saturated rings. The predicted octanol–water partition coefficient (Wildman–Crippen LogP) is 1.72. The van der Waals surface area contributed by atoms with Gasteiger partial charge in [-0.1, -0.05) is 11.6 Å². The first-order valence-corrected chi connectivity index (χ1v) is 5.32. The zero-order chi connectivity index (χ0) is 11.2. The number of allylic oxidation sites excluding steroid dienone is 2. The molecular formula is C12H16O3. The molecule has 0 aromatic heterocycles. The van der Waals surface area contributed by atoms with Gasteiger partial charge in [-0.3, -0.25) is 9.59 Å². The van der Waals surface area contributed by atoms with E-state index in [4.69, 9.17) is 4.74 Å². The number of fused-ring (bicyclic) bond motifs is 1. The fraction of sp³-hybridized carbons (Fsp3) is 0.667. The molecule has 0 N–H and O–H groups in total. The van der Waals surface area contributed by atoms with Crippen LogP contribution in [-0.4, -0.2) is 18.9 Å². The minimum Gasteiger partial charge on any atom is -0.468 e. The molecule has 0 heterocycles. The molecule has 0 unspecified atom stereocenters. The Labute approximate surface area is 89.5 Å². The molecule has 3 nitrogen and oxygen atoms in total. The van der Waals surface area contributed by atoms with Crippen LogP contribution < -0.4 is 0 Å². The normalized spacial score (nSPS) is 37.1. The Bertz CT molecular complexity index is 352. The Morgan fingerprint density at radius 2 is 2.20 bits per heavy atom. The van der Waals surface area contributed by atoms with Gasteiger partial charge in [-0.15, -0.1) is 0 Å². The fourth-order valence-electron chi connectivity index (χ4n) is 2.96. The summed E-state index contributed by atoms with van der Waals surface area (Å²) in [7, 11) is 1.36. The Hall–Kier alpha value is -1.12. The summed E-state index contributed by atoms with van der Waals surface area (Å²) >= 11 is 0. The molecule has 0 aromatic carbocycles. The SMILES string of the molecule is COC(=O)[C@@]12C(=O)CC[C@@H]1[C@H]2C=C(C)C. The highest BCUT2D eigenvalue weighted by Gasteiger charge is 2.76. The average Bonchev–Trinajstić information content (AvgIpc) is 2.66. The van der Waals surface area contributed by atoms with Crippen molar-refractivity contribution in [1.29, 1.82) is 0 Å². The molecule has 0 bridgehead atoms. The second-order valence-electron chi connectivity index (χ2n) is 4.70. The van der Waals surface area contributed by atoms with Crippen LogP contribution in [0.25, 0.3) is 0 Å². The highest BCUT2D eigenvalue weighted by atomic mass is 16.5. The average molecular weight is 208 g/mol. The minimum absolute atomic E-state index is 0.0712. The lowest BCUT2D eigenvalue weighted by Crippen LogP contribution is -2.27. The van der Waals surface area contributed by atoms with E-state index in [1.807, 2.05) is 19.9 Å². The van der Waals surface area contributed by atoms with Crippen LogP contribution in [0.1, 0.15) is 26.7 Å². The second kappa shape index (κ2) is 3.19. The zero-order valence-electron chi connectivity index (χ0n) is 9.37. The molecule has 0 aliphatic heterocycles.